The minimum Gasteiger partial charge on any atom is -0.491 e. The molecule has 1 aromatic carbocycles. The van der Waals surface area contributed by atoms with Gasteiger partial charge in [0.1, 0.15) is 17.4 Å². The Morgan fingerprint density at radius 2 is 1.88 bits per heavy atom. The van der Waals surface area contributed by atoms with E-state index in [0.717, 1.165) is 34.7 Å². The van der Waals surface area contributed by atoms with Crippen molar-refractivity contribution in [3.05, 3.63) is 76.8 Å². The van der Waals surface area contributed by atoms with E-state index in [2.05, 4.69) is 15.0 Å². The van der Waals surface area contributed by atoms with Gasteiger partial charge in [-0.2, -0.15) is 18.3 Å². The van der Waals surface area contributed by atoms with Crippen LogP contribution in [0.25, 0.3) is 11.1 Å². The van der Waals surface area contributed by atoms with Gasteiger partial charge in [0.15, 0.2) is 11.5 Å². The van der Waals surface area contributed by atoms with Crippen molar-refractivity contribution in [2.45, 2.75) is 58.8 Å². The van der Waals surface area contributed by atoms with Gasteiger partial charge in [0, 0.05) is 75.6 Å². The number of aryl methyl sites for hydroxylation is 3. The van der Waals surface area contributed by atoms with E-state index in [9.17, 15) is 22.8 Å². The monoisotopic (exact) mass is 679 g/mol. The summed E-state index contributed by atoms with van der Waals surface area (Å²) >= 11 is 0. The van der Waals surface area contributed by atoms with Crippen molar-refractivity contribution in [1.29, 1.82) is 0 Å². The number of Topliss-reactive ketones (excluding diaryl/α,β-unsaturated/α-hetero) is 1. The first-order valence-electron chi connectivity index (χ1n) is 16.4. The maximum atomic E-state index is 14.1. The lowest BCUT2D eigenvalue weighted by Crippen LogP contribution is -2.60. The molecule has 49 heavy (non-hydrogen) atoms. The number of alkyl halides is 3. The smallest absolute Gasteiger partial charge is 0.435 e. The van der Waals surface area contributed by atoms with E-state index in [1.807, 2.05) is 37.5 Å². The van der Waals surface area contributed by atoms with Crippen LogP contribution in [0.15, 0.2) is 42.9 Å². The molecule has 6 rings (SSSR count). The number of hydrogen-bond donors (Lipinski definition) is 0. The van der Waals surface area contributed by atoms with Gasteiger partial charge < -0.3 is 23.8 Å². The fourth-order valence-electron chi connectivity index (χ4n) is 6.29. The van der Waals surface area contributed by atoms with Crippen LogP contribution in [0.1, 0.15) is 58.5 Å². The van der Waals surface area contributed by atoms with Gasteiger partial charge in [0.2, 0.25) is 0 Å². The predicted molar refractivity (Wildman–Crippen MR) is 176 cm³/mol. The number of amides is 1. The minimum absolute atomic E-state index is 0.00288. The number of rotatable bonds is 10. The van der Waals surface area contributed by atoms with Crippen LogP contribution in [0.4, 0.5) is 23.8 Å². The number of carbonyl (C=O) groups excluding carboxylic acids is 2. The Kier molecular flexibility index (Phi) is 9.41. The standard InChI is InChI=1S/C35H40F3N7O4/c1-6-7-10-48-34(47)43(5)26-17-45(18-26)30-12-21(2)11-25(40-30)15-24-20-49-32-27(29-19-42(4)41-33(29)35(36,37)38)13-23(14-28(32)31(24)46)16-44-9-8-39-22(44)3/h8-9,11-14,19,24,26H,6-7,10,15-18,20H2,1-5H3/t24-/m0/s1. The quantitative estimate of drug-likeness (QED) is 0.192. The van der Waals surface area contributed by atoms with Crippen molar-refractivity contribution in [3.8, 4) is 16.9 Å². The summed E-state index contributed by atoms with van der Waals surface area (Å²) < 4.78 is 56.8. The maximum Gasteiger partial charge on any atom is 0.435 e. The summed E-state index contributed by atoms with van der Waals surface area (Å²) in [6, 6.07) is 7.23. The van der Waals surface area contributed by atoms with E-state index in [4.69, 9.17) is 14.5 Å². The van der Waals surface area contributed by atoms with E-state index in [1.165, 1.54) is 13.2 Å². The molecular formula is C35H40F3N7O4. The van der Waals surface area contributed by atoms with Gasteiger partial charge >= 0.3 is 12.3 Å². The summed E-state index contributed by atoms with van der Waals surface area (Å²) in [6.45, 7) is 7.72. The second-order valence-corrected chi connectivity index (χ2v) is 12.9. The molecule has 11 nitrogen and oxygen atoms in total. The molecule has 5 heterocycles. The summed E-state index contributed by atoms with van der Waals surface area (Å²) in [5, 5.41) is 3.69. The number of ether oxygens (including phenoxy) is 2. The Bertz CT molecular complexity index is 1860. The van der Waals surface area contributed by atoms with E-state index >= 15 is 0 Å². The van der Waals surface area contributed by atoms with E-state index in [1.54, 1.807) is 36.5 Å². The first-order valence-corrected chi connectivity index (χ1v) is 16.4. The Morgan fingerprint density at radius 1 is 1.12 bits per heavy atom. The van der Waals surface area contributed by atoms with Gasteiger partial charge in [0.05, 0.1) is 30.7 Å². The molecular weight excluding hydrogens is 639 g/mol. The summed E-state index contributed by atoms with van der Waals surface area (Å²) in [7, 11) is 3.17. The molecule has 3 aromatic heterocycles. The van der Waals surface area contributed by atoms with E-state index in [0.29, 0.717) is 37.5 Å². The molecule has 0 aliphatic carbocycles. The number of fused-ring (bicyclic) bond motifs is 1. The van der Waals surface area contributed by atoms with Crippen LogP contribution in [-0.2, 0) is 30.9 Å². The van der Waals surface area contributed by atoms with Crippen LogP contribution in [0.3, 0.4) is 0 Å². The predicted octanol–water partition coefficient (Wildman–Crippen LogP) is 5.85. The molecule has 1 saturated heterocycles. The number of likely N-dealkylation sites (N-methyl/N-ethyl adjacent to an activating group) is 1. The zero-order chi connectivity index (χ0) is 35.0. The van der Waals surface area contributed by atoms with Crippen LogP contribution >= 0.6 is 0 Å². The number of imidazole rings is 1. The van der Waals surface area contributed by atoms with Crippen LogP contribution in [0.2, 0.25) is 0 Å². The normalized spacial score (nSPS) is 16.3. The lowest BCUT2D eigenvalue weighted by molar-refractivity contribution is -0.141. The van der Waals surface area contributed by atoms with Gasteiger partial charge in [-0.05, 0) is 55.7 Å². The molecule has 0 unspecified atom stereocenters. The molecule has 2 aliphatic heterocycles. The first kappa shape index (κ1) is 34.0. The lowest BCUT2D eigenvalue weighted by Gasteiger charge is -2.44. The van der Waals surface area contributed by atoms with Crippen molar-refractivity contribution in [2.24, 2.45) is 13.0 Å². The van der Waals surface area contributed by atoms with Crippen LogP contribution in [0, 0.1) is 19.8 Å². The number of ketones is 1. The van der Waals surface area contributed by atoms with Gasteiger partial charge in [-0.3, -0.25) is 9.48 Å². The molecule has 1 fully saturated rings. The molecule has 260 valence electrons. The molecule has 1 atom stereocenters. The van der Waals surface area contributed by atoms with Gasteiger partial charge in [-0.1, -0.05) is 13.3 Å². The molecule has 1 amide bonds. The van der Waals surface area contributed by atoms with Crippen molar-refractivity contribution in [3.63, 3.8) is 0 Å². The number of pyridine rings is 1. The zero-order valence-electron chi connectivity index (χ0n) is 28.3. The van der Waals surface area contributed by atoms with Gasteiger partial charge in [-0.15, -0.1) is 0 Å². The second kappa shape index (κ2) is 13.6. The van der Waals surface area contributed by atoms with Crippen LogP contribution in [0.5, 0.6) is 5.75 Å². The molecule has 0 bridgehead atoms. The highest BCUT2D eigenvalue weighted by molar-refractivity contribution is 6.04. The number of carbonyl (C=O) groups is 2. The lowest BCUT2D eigenvalue weighted by atomic mass is 9.87. The van der Waals surface area contributed by atoms with Crippen molar-refractivity contribution in [2.75, 3.05) is 38.3 Å². The highest BCUT2D eigenvalue weighted by Gasteiger charge is 2.40. The Balaban J connectivity index is 1.24. The second-order valence-electron chi connectivity index (χ2n) is 12.9. The summed E-state index contributed by atoms with van der Waals surface area (Å²) in [4.78, 5) is 39.3. The van der Waals surface area contributed by atoms with E-state index in [-0.39, 0.29) is 53.4 Å². The number of hydrogen-bond acceptors (Lipinski definition) is 8. The molecule has 0 radical (unpaired) electrons. The average molecular weight is 680 g/mol. The fourth-order valence-corrected chi connectivity index (χ4v) is 6.29. The first-order chi connectivity index (χ1) is 23.3. The van der Waals surface area contributed by atoms with Crippen molar-refractivity contribution >= 4 is 17.7 Å². The number of anilines is 1. The summed E-state index contributed by atoms with van der Waals surface area (Å²) in [6.07, 6.45) is 1.74. The van der Waals surface area contributed by atoms with Crippen LogP contribution < -0.4 is 9.64 Å². The maximum absolute atomic E-state index is 14.1. The molecule has 0 saturated carbocycles. The number of unbranched alkanes of at least 4 members (excludes halogenated alkanes) is 1. The third-order valence-corrected chi connectivity index (χ3v) is 9.09. The van der Waals surface area contributed by atoms with E-state index < -0.39 is 17.8 Å². The molecule has 14 heteroatoms. The third-order valence-electron chi connectivity index (χ3n) is 9.09. The van der Waals surface area contributed by atoms with Gasteiger partial charge in [-0.25, -0.2) is 14.8 Å². The molecule has 0 spiro atoms. The third kappa shape index (κ3) is 7.13. The Hall–Kier alpha value is -4.88. The highest BCUT2D eigenvalue weighted by Crippen LogP contribution is 2.44. The number of benzene rings is 1. The van der Waals surface area contributed by atoms with Crippen LogP contribution in [-0.4, -0.2) is 80.5 Å². The number of nitrogens with zero attached hydrogens (tertiary/aromatic N) is 7. The average Bonchev–Trinajstić information content (AvgIpc) is 3.62. The summed E-state index contributed by atoms with van der Waals surface area (Å²) in [5.41, 5.74) is 1.50. The SMILES string of the molecule is CCCCOC(=O)N(C)C1CN(c2cc(C)cc(C[C@H]3COc4c(cc(Cn5ccnc5C)cc4-c4cn(C)nc4C(F)(F)F)C3=O)n2)C1. The van der Waals surface area contributed by atoms with Crippen molar-refractivity contribution < 1.29 is 32.2 Å². The highest BCUT2D eigenvalue weighted by atomic mass is 19.4. The summed E-state index contributed by atoms with van der Waals surface area (Å²) in [5.74, 6) is 0.774. The molecule has 4 aromatic rings. The Labute approximate surface area is 282 Å². The topological polar surface area (TPSA) is 108 Å². The zero-order valence-corrected chi connectivity index (χ0v) is 28.3. The number of halogens is 3. The fraction of sp³-hybridized carbons (Fsp3) is 0.457. The number of aromatic nitrogens is 5. The minimum atomic E-state index is -4.71. The molecule has 0 N–H and O–H groups in total. The van der Waals surface area contributed by atoms with Crippen molar-refractivity contribution in [1.82, 2.24) is 29.2 Å². The Morgan fingerprint density at radius 3 is 2.57 bits per heavy atom. The molecule has 2 aliphatic rings. The largest absolute Gasteiger partial charge is 0.491 e. The van der Waals surface area contributed by atoms with Gasteiger partial charge in [0.25, 0.3) is 0 Å².